The smallest absolute Gasteiger partial charge is 0.258 e. The molecule has 0 aliphatic heterocycles. The Labute approximate surface area is 114 Å². The summed E-state index contributed by atoms with van der Waals surface area (Å²) < 4.78 is 26.3. The lowest BCUT2D eigenvalue weighted by molar-refractivity contribution is -0.384. The summed E-state index contributed by atoms with van der Waals surface area (Å²) in [6.45, 7) is 1.69. The van der Waals surface area contributed by atoms with Crippen molar-refractivity contribution in [3.8, 4) is 11.4 Å². The Hall–Kier alpha value is -1.90. The first-order valence-electron chi connectivity index (χ1n) is 5.03. The first-order valence-corrected chi connectivity index (χ1v) is 5.82. The zero-order valence-corrected chi connectivity index (χ0v) is 11.1. The standard InChI is InChI=1S/C10H7BrF2N4O2/c1-6-2-3-7(17(18)19)4-8(6)9-14-5-16(15-9)10(11,12)13/h2-5H,1H3. The van der Waals surface area contributed by atoms with Crippen molar-refractivity contribution in [3.63, 3.8) is 0 Å². The van der Waals surface area contributed by atoms with E-state index in [0.717, 1.165) is 6.33 Å². The van der Waals surface area contributed by atoms with Crippen LogP contribution in [0.1, 0.15) is 5.56 Å². The minimum atomic E-state index is -3.35. The maximum absolute atomic E-state index is 13.0. The average Bonchev–Trinajstić information content (AvgIpc) is 2.78. The number of alkyl halides is 3. The molecule has 100 valence electrons. The number of non-ortho nitro benzene ring substituents is 1. The molecule has 0 saturated heterocycles. The van der Waals surface area contributed by atoms with Crippen molar-refractivity contribution < 1.29 is 13.7 Å². The van der Waals surface area contributed by atoms with Crippen LogP contribution in [0.15, 0.2) is 24.5 Å². The van der Waals surface area contributed by atoms with E-state index in [1.165, 1.54) is 18.2 Å². The van der Waals surface area contributed by atoms with Crippen LogP contribution in [0, 0.1) is 17.0 Å². The predicted octanol–water partition coefficient (Wildman–Crippen LogP) is 3.06. The Kier molecular flexibility index (Phi) is 3.31. The number of benzene rings is 1. The van der Waals surface area contributed by atoms with Crippen LogP contribution in [-0.4, -0.2) is 19.7 Å². The van der Waals surface area contributed by atoms with Crippen LogP contribution in [0.4, 0.5) is 14.5 Å². The molecule has 19 heavy (non-hydrogen) atoms. The number of rotatable bonds is 3. The molecule has 0 aliphatic carbocycles. The Morgan fingerprint density at radius 3 is 2.68 bits per heavy atom. The summed E-state index contributed by atoms with van der Waals surface area (Å²) in [5, 5.41) is 14.3. The van der Waals surface area contributed by atoms with Crippen LogP contribution in [0.5, 0.6) is 0 Å². The molecule has 1 aromatic carbocycles. The molecule has 2 aromatic rings. The minimum absolute atomic E-state index is 0.000301. The molecule has 1 aromatic heterocycles. The summed E-state index contributed by atoms with van der Waals surface area (Å²) in [4.78, 5) is 10.5. The summed E-state index contributed by atoms with van der Waals surface area (Å²) in [5.74, 6) is 0.000301. The lowest BCUT2D eigenvalue weighted by Crippen LogP contribution is -2.15. The highest BCUT2D eigenvalue weighted by Crippen LogP contribution is 2.29. The highest BCUT2D eigenvalue weighted by Gasteiger charge is 2.28. The van der Waals surface area contributed by atoms with E-state index in [2.05, 4.69) is 26.0 Å². The Morgan fingerprint density at radius 1 is 1.47 bits per heavy atom. The lowest BCUT2D eigenvalue weighted by Gasteiger charge is -2.06. The maximum Gasteiger partial charge on any atom is 0.402 e. The third-order valence-corrected chi connectivity index (χ3v) is 2.79. The van der Waals surface area contributed by atoms with Gasteiger partial charge in [0.25, 0.3) is 5.69 Å². The van der Waals surface area contributed by atoms with Crippen molar-refractivity contribution in [1.29, 1.82) is 0 Å². The van der Waals surface area contributed by atoms with E-state index in [9.17, 15) is 18.9 Å². The summed E-state index contributed by atoms with van der Waals surface area (Å²) in [7, 11) is 0. The van der Waals surface area contributed by atoms with Crippen LogP contribution >= 0.6 is 15.9 Å². The number of halogens is 3. The van der Waals surface area contributed by atoms with E-state index >= 15 is 0 Å². The zero-order valence-electron chi connectivity index (χ0n) is 9.55. The first kappa shape index (κ1) is 13.5. The topological polar surface area (TPSA) is 73.8 Å². The number of hydrogen-bond acceptors (Lipinski definition) is 4. The molecule has 0 fully saturated rings. The lowest BCUT2D eigenvalue weighted by atomic mass is 10.1. The van der Waals surface area contributed by atoms with Crippen molar-refractivity contribution >= 4 is 21.6 Å². The molecule has 0 spiro atoms. The summed E-state index contributed by atoms with van der Waals surface area (Å²) >= 11 is 2.15. The maximum atomic E-state index is 13.0. The Bertz CT molecular complexity index is 639. The Morgan fingerprint density at radius 2 is 2.16 bits per heavy atom. The van der Waals surface area contributed by atoms with E-state index in [0.29, 0.717) is 15.8 Å². The van der Waals surface area contributed by atoms with Crippen LogP contribution in [0.2, 0.25) is 0 Å². The second-order valence-electron chi connectivity index (χ2n) is 3.74. The minimum Gasteiger partial charge on any atom is -0.258 e. The van der Waals surface area contributed by atoms with Gasteiger partial charge in [-0.25, -0.2) is 4.98 Å². The molecular formula is C10H7BrF2N4O2. The summed E-state index contributed by atoms with van der Waals surface area (Å²) in [6, 6.07) is 4.09. The second kappa shape index (κ2) is 4.65. The average molecular weight is 333 g/mol. The third kappa shape index (κ3) is 2.75. The van der Waals surface area contributed by atoms with Crippen molar-refractivity contribution in [2.45, 2.75) is 11.9 Å². The fourth-order valence-electron chi connectivity index (χ4n) is 1.47. The molecule has 0 atom stereocenters. The first-order chi connectivity index (χ1) is 8.79. The predicted molar refractivity (Wildman–Crippen MR) is 66.0 cm³/mol. The van der Waals surface area contributed by atoms with Crippen molar-refractivity contribution in [2.75, 3.05) is 0 Å². The normalized spacial score (nSPS) is 11.6. The molecule has 1 heterocycles. The van der Waals surface area contributed by atoms with Crippen LogP contribution in [0.3, 0.4) is 0 Å². The molecule has 0 amide bonds. The quantitative estimate of drug-likeness (QED) is 0.492. The van der Waals surface area contributed by atoms with E-state index in [4.69, 9.17) is 0 Å². The van der Waals surface area contributed by atoms with Crippen molar-refractivity contribution in [3.05, 3.63) is 40.2 Å². The van der Waals surface area contributed by atoms with Gasteiger partial charge >= 0.3 is 4.96 Å². The molecule has 9 heteroatoms. The van der Waals surface area contributed by atoms with Gasteiger partial charge in [0.2, 0.25) is 0 Å². The molecular weight excluding hydrogens is 326 g/mol. The van der Waals surface area contributed by atoms with Gasteiger partial charge in [-0.15, -0.1) is 5.10 Å². The number of hydrogen-bond donors (Lipinski definition) is 0. The SMILES string of the molecule is Cc1ccc([N+](=O)[O-])cc1-c1ncn(C(F)(F)Br)n1. The third-order valence-electron chi connectivity index (χ3n) is 2.42. The molecule has 0 N–H and O–H groups in total. The summed E-state index contributed by atoms with van der Waals surface area (Å²) in [5.41, 5.74) is 0.841. The molecule has 0 bridgehead atoms. The molecule has 0 radical (unpaired) electrons. The highest BCUT2D eigenvalue weighted by atomic mass is 79.9. The zero-order chi connectivity index (χ0) is 14.2. The number of nitro benzene ring substituents is 1. The van der Waals surface area contributed by atoms with Gasteiger partial charge in [0.15, 0.2) is 5.82 Å². The van der Waals surface area contributed by atoms with Gasteiger partial charge in [0.05, 0.1) is 4.92 Å². The molecule has 6 nitrogen and oxygen atoms in total. The van der Waals surface area contributed by atoms with Crippen molar-refractivity contribution in [1.82, 2.24) is 14.8 Å². The van der Waals surface area contributed by atoms with Gasteiger partial charge in [-0.3, -0.25) is 10.1 Å². The Balaban J connectivity index is 2.49. The fraction of sp³-hybridized carbons (Fsp3) is 0.200. The summed E-state index contributed by atoms with van der Waals surface area (Å²) in [6.07, 6.45) is 0.850. The van der Waals surface area contributed by atoms with E-state index < -0.39 is 9.88 Å². The molecule has 0 aliphatic rings. The van der Waals surface area contributed by atoms with Gasteiger partial charge in [0.1, 0.15) is 6.33 Å². The van der Waals surface area contributed by atoms with Crippen LogP contribution in [-0.2, 0) is 4.96 Å². The van der Waals surface area contributed by atoms with Gasteiger partial charge in [-0.05, 0) is 12.5 Å². The van der Waals surface area contributed by atoms with Gasteiger partial charge < -0.3 is 0 Å². The molecule has 2 rings (SSSR count). The van der Waals surface area contributed by atoms with E-state index in [-0.39, 0.29) is 11.5 Å². The van der Waals surface area contributed by atoms with Gasteiger partial charge in [-0.1, -0.05) is 6.07 Å². The number of aromatic nitrogens is 3. The van der Waals surface area contributed by atoms with Gasteiger partial charge in [0, 0.05) is 33.6 Å². The largest absolute Gasteiger partial charge is 0.402 e. The monoisotopic (exact) mass is 332 g/mol. The molecule has 0 unspecified atom stereocenters. The molecule has 0 saturated carbocycles. The number of aryl methyl sites for hydroxylation is 1. The van der Waals surface area contributed by atoms with E-state index in [1.54, 1.807) is 6.92 Å². The van der Waals surface area contributed by atoms with Gasteiger partial charge in [-0.2, -0.15) is 13.5 Å². The van der Waals surface area contributed by atoms with E-state index in [1.807, 2.05) is 0 Å². The number of nitrogens with zero attached hydrogens (tertiary/aromatic N) is 4. The number of nitro groups is 1. The fourth-order valence-corrected chi connectivity index (χ4v) is 1.64. The van der Waals surface area contributed by atoms with Crippen molar-refractivity contribution in [2.24, 2.45) is 0 Å². The van der Waals surface area contributed by atoms with Crippen LogP contribution in [0.25, 0.3) is 11.4 Å². The highest BCUT2D eigenvalue weighted by molar-refractivity contribution is 9.09. The second-order valence-corrected chi connectivity index (χ2v) is 4.69. The van der Waals surface area contributed by atoms with Crippen LogP contribution < -0.4 is 0 Å².